The number of carbonyl (C=O) groups excluding carboxylic acids is 1. The number of benzene rings is 2. The summed E-state index contributed by atoms with van der Waals surface area (Å²) in [5, 5.41) is 2.83. The van der Waals surface area contributed by atoms with Crippen LogP contribution in [0, 0.1) is 22.5 Å². The van der Waals surface area contributed by atoms with Crippen molar-refractivity contribution >= 4 is 57.3 Å². The molecule has 11 heteroatoms. The molecule has 0 spiro atoms. The molecule has 0 bridgehead atoms. The number of nitrogens with one attached hydrogen (secondary N) is 1. The van der Waals surface area contributed by atoms with Gasteiger partial charge in [0.1, 0.15) is 4.70 Å². The van der Waals surface area contributed by atoms with E-state index in [2.05, 4.69) is 10.3 Å². The van der Waals surface area contributed by atoms with Gasteiger partial charge in [-0.25, -0.2) is 13.8 Å². The summed E-state index contributed by atoms with van der Waals surface area (Å²) in [5.41, 5.74) is 2.18. The molecule has 0 unspecified atom stereocenters. The van der Waals surface area contributed by atoms with E-state index in [9.17, 15) is 18.4 Å². The molecule has 1 N–H and O–H groups in total. The van der Waals surface area contributed by atoms with Crippen molar-refractivity contribution in [3.05, 3.63) is 74.0 Å². The average Bonchev–Trinajstić information content (AvgIpc) is 3.09. The third kappa shape index (κ3) is 4.36. The number of amides is 1. The lowest BCUT2D eigenvalue weighted by molar-refractivity contribution is -0.113. The summed E-state index contributed by atoms with van der Waals surface area (Å²) < 4.78 is 30.4. The summed E-state index contributed by atoms with van der Waals surface area (Å²) in [6.07, 6.45) is 0. The summed E-state index contributed by atoms with van der Waals surface area (Å²) >= 11 is 7.72. The number of thiazole rings is 1. The van der Waals surface area contributed by atoms with Crippen molar-refractivity contribution in [1.29, 1.82) is 0 Å². The van der Waals surface area contributed by atoms with Gasteiger partial charge in [0.25, 0.3) is 5.56 Å². The molecule has 0 saturated heterocycles. The van der Waals surface area contributed by atoms with Crippen LogP contribution in [-0.2, 0) is 11.8 Å². The molecule has 4 aromatic rings. The van der Waals surface area contributed by atoms with Crippen LogP contribution in [-0.4, -0.2) is 25.8 Å². The van der Waals surface area contributed by atoms with E-state index in [0.717, 1.165) is 35.1 Å². The Balaban J connectivity index is 1.63. The molecule has 0 radical (unpaired) electrons. The smallest absolute Gasteiger partial charge is 0.273 e. The maximum atomic E-state index is 13.3. The van der Waals surface area contributed by atoms with Gasteiger partial charge in [0.2, 0.25) is 5.91 Å². The Morgan fingerprint density at radius 1 is 1.19 bits per heavy atom. The molecule has 0 aliphatic rings. The van der Waals surface area contributed by atoms with E-state index >= 15 is 0 Å². The van der Waals surface area contributed by atoms with Crippen LogP contribution >= 0.6 is 35.3 Å². The van der Waals surface area contributed by atoms with Crippen LogP contribution in [0.15, 0.2) is 52.4 Å². The topological polar surface area (TPSA) is 68.9 Å². The van der Waals surface area contributed by atoms with Crippen molar-refractivity contribution in [2.24, 2.45) is 7.05 Å². The number of fused-ring (bicyclic) bond motifs is 1. The molecule has 164 valence electrons. The van der Waals surface area contributed by atoms with Crippen LogP contribution in [0.25, 0.3) is 16.0 Å². The molecular weight excluding hydrogens is 474 g/mol. The van der Waals surface area contributed by atoms with Crippen molar-refractivity contribution in [3.8, 4) is 5.69 Å². The first-order valence-electron chi connectivity index (χ1n) is 9.32. The van der Waals surface area contributed by atoms with E-state index in [0.29, 0.717) is 19.5 Å². The summed E-state index contributed by atoms with van der Waals surface area (Å²) in [4.78, 5) is 29.8. The number of carbonyl (C=O) groups is 1. The zero-order valence-corrected chi connectivity index (χ0v) is 19.3. The molecule has 1 amide bonds. The Labute approximate surface area is 194 Å². The Hall–Kier alpha value is -2.89. The molecule has 0 fully saturated rings. The fourth-order valence-electron chi connectivity index (χ4n) is 2.96. The van der Waals surface area contributed by atoms with Gasteiger partial charge < -0.3 is 5.32 Å². The zero-order valence-electron chi connectivity index (χ0n) is 16.9. The molecule has 4 rings (SSSR count). The Morgan fingerprint density at radius 3 is 2.59 bits per heavy atom. The molecule has 32 heavy (non-hydrogen) atoms. The highest BCUT2D eigenvalue weighted by Crippen LogP contribution is 2.26. The highest BCUT2D eigenvalue weighted by atomic mass is 32.2. The molecule has 0 saturated carbocycles. The number of aryl methyl sites for hydroxylation is 1. The van der Waals surface area contributed by atoms with Crippen molar-refractivity contribution in [2.45, 2.75) is 12.1 Å². The number of rotatable bonds is 5. The third-order valence-corrected chi connectivity index (χ3v) is 6.98. The zero-order chi connectivity index (χ0) is 23.0. The Bertz CT molecular complexity index is 1460. The molecule has 2 heterocycles. The Morgan fingerprint density at radius 2 is 1.91 bits per heavy atom. The second-order valence-corrected chi connectivity index (χ2v) is 9.50. The number of nitrogens with zero attached hydrogens (tertiary/aromatic N) is 3. The van der Waals surface area contributed by atoms with E-state index in [1.165, 1.54) is 22.0 Å². The SMILES string of the molecule is Cc1ccc(-n2c(=S)sc3c(=O)n(C)c(SCC(=O)Nc4ccc(F)c(F)c4)nc32)cc1. The van der Waals surface area contributed by atoms with Gasteiger partial charge in [-0.05, 0) is 43.4 Å². The van der Waals surface area contributed by atoms with Gasteiger partial charge in [-0.2, -0.15) is 0 Å². The summed E-state index contributed by atoms with van der Waals surface area (Å²) in [6, 6.07) is 10.8. The molecule has 0 aliphatic heterocycles. The van der Waals surface area contributed by atoms with E-state index in [-0.39, 0.29) is 17.0 Å². The number of hydrogen-bond donors (Lipinski definition) is 1. The number of hydrogen-bond acceptors (Lipinski definition) is 6. The number of halogens is 2. The molecular formula is C21H16F2N4O2S3. The van der Waals surface area contributed by atoms with Crippen LogP contribution in [0.4, 0.5) is 14.5 Å². The lowest BCUT2D eigenvalue weighted by Gasteiger charge is -2.10. The lowest BCUT2D eigenvalue weighted by Crippen LogP contribution is -2.21. The summed E-state index contributed by atoms with van der Waals surface area (Å²) in [6.45, 7) is 1.98. The maximum absolute atomic E-state index is 13.3. The normalized spacial score (nSPS) is 11.1. The average molecular weight is 491 g/mol. The fraction of sp³-hybridized carbons (Fsp3) is 0.143. The van der Waals surface area contributed by atoms with Crippen LogP contribution in [0.2, 0.25) is 0 Å². The minimum absolute atomic E-state index is 0.0832. The van der Waals surface area contributed by atoms with Crippen LogP contribution in [0.5, 0.6) is 0 Å². The minimum atomic E-state index is -1.05. The largest absolute Gasteiger partial charge is 0.325 e. The summed E-state index contributed by atoms with van der Waals surface area (Å²) in [7, 11) is 1.57. The molecule has 2 aromatic carbocycles. The molecule has 0 atom stereocenters. The van der Waals surface area contributed by atoms with Crippen molar-refractivity contribution in [2.75, 3.05) is 11.1 Å². The van der Waals surface area contributed by atoms with Gasteiger partial charge in [0.15, 0.2) is 26.4 Å². The number of thioether (sulfide) groups is 1. The van der Waals surface area contributed by atoms with Crippen molar-refractivity contribution in [3.63, 3.8) is 0 Å². The van der Waals surface area contributed by atoms with E-state index in [1.54, 1.807) is 11.6 Å². The van der Waals surface area contributed by atoms with Gasteiger partial charge in [0, 0.05) is 24.5 Å². The second-order valence-electron chi connectivity index (χ2n) is 6.92. The monoisotopic (exact) mass is 490 g/mol. The molecule has 6 nitrogen and oxygen atoms in total. The predicted molar refractivity (Wildman–Crippen MR) is 125 cm³/mol. The van der Waals surface area contributed by atoms with E-state index in [4.69, 9.17) is 12.2 Å². The number of anilines is 1. The Kier molecular flexibility index (Phi) is 6.22. The van der Waals surface area contributed by atoms with Gasteiger partial charge in [0.05, 0.1) is 5.75 Å². The van der Waals surface area contributed by atoms with Gasteiger partial charge >= 0.3 is 0 Å². The van der Waals surface area contributed by atoms with Gasteiger partial charge in [-0.1, -0.05) is 40.8 Å². The first-order chi connectivity index (χ1) is 15.2. The quantitative estimate of drug-likeness (QED) is 0.247. The lowest BCUT2D eigenvalue weighted by atomic mass is 10.2. The van der Waals surface area contributed by atoms with Crippen molar-refractivity contribution in [1.82, 2.24) is 14.1 Å². The van der Waals surface area contributed by atoms with Crippen molar-refractivity contribution < 1.29 is 13.6 Å². The van der Waals surface area contributed by atoms with Gasteiger partial charge in [-0.15, -0.1) is 0 Å². The van der Waals surface area contributed by atoms with E-state index < -0.39 is 17.5 Å². The number of aromatic nitrogens is 3. The van der Waals surface area contributed by atoms with Gasteiger partial charge in [-0.3, -0.25) is 18.7 Å². The fourth-order valence-corrected chi connectivity index (χ4v) is 5.08. The van der Waals surface area contributed by atoms with E-state index in [1.807, 2.05) is 31.2 Å². The second kappa shape index (κ2) is 8.93. The molecule has 0 aliphatic carbocycles. The van der Waals surface area contributed by atoms with Crippen LogP contribution < -0.4 is 10.9 Å². The maximum Gasteiger partial charge on any atom is 0.273 e. The summed E-state index contributed by atoms with van der Waals surface area (Å²) in [5.74, 6) is -2.58. The van der Waals surface area contributed by atoms with Crippen LogP contribution in [0.1, 0.15) is 5.56 Å². The van der Waals surface area contributed by atoms with Crippen LogP contribution in [0.3, 0.4) is 0 Å². The standard InChI is InChI=1S/C21H16F2N4O2S3/c1-11-3-6-13(7-4-11)27-18-17(32-21(27)30)19(29)26(2)20(25-18)31-10-16(28)24-12-5-8-14(22)15(23)9-12/h3-9H,10H2,1-2H3,(H,24,28). The molecule has 2 aromatic heterocycles. The first-order valence-corrected chi connectivity index (χ1v) is 11.5. The third-order valence-electron chi connectivity index (χ3n) is 4.60. The minimum Gasteiger partial charge on any atom is -0.325 e. The predicted octanol–water partition coefficient (Wildman–Crippen LogP) is 4.83. The highest BCUT2D eigenvalue weighted by molar-refractivity contribution is 7.99. The first kappa shape index (κ1) is 22.3. The highest BCUT2D eigenvalue weighted by Gasteiger charge is 2.17.